The molecule has 4 N–H and O–H groups in total. The maximum Gasteiger partial charge on any atom is 0.171 e. The highest BCUT2D eigenvalue weighted by Gasteiger charge is 2.46. The Kier molecular flexibility index (Phi) is 4.56. The van der Waals surface area contributed by atoms with Crippen LogP contribution >= 0.6 is 11.6 Å². The zero-order chi connectivity index (χ0) is 20.9. The van der Waals surface area contributed by atoms with E-state index in [0.29, 0.717) is 27.7 Å². The molecule has 0 radical (unpaired) electrons. The molecule has 2 aromatic heterocycles. The third kappa shape index (κ3) is 2.90. The van der Waals surface area contributed by atoms with Crippen LogP contribution in [0.3, 0.4) is 0 Å². The van der Waals surface area contributed by atoms with Gasteiger partial charge in [-0.2, -0.15) is 5.10 Å². The molecule has 0 bridgehead atoms. The third-order valence-electron chi connectivity index (χ3n) is 6.77. The van der Waals surface area contributed by atoms with Crippen molar-refractivity contribution < 1.29 is 5.11 Å². The fourth-order valence-corrected chi connectivity index (χ4v) is 5.27. The van der Waals surface area contributed by atoms with Gasteiger partial charge in [-0.25, -0.2) is 4.98 Å². The number of nitrogens with two attached hydrogens (primary N) is 1. The number of aromatic amines is 1. The van der Waals surface area contributed by atoms with E-state index < -0.39 is 0 Å². The van der Waals surface area contributed by atoms with Gasteiger partial charge in [0.15, 0.2) is 11.6 Å². The highest BCUT2D eigenvalue weighted by molar-refractivity contribution is 6.32. The Balaban J connectivity index is 1.40. The fraction of sp³-hybridized carbons (Fsp3) is 0.304. The topological polar surface area (TPSA) is 91.1 Å². The standard InChI is InChI=1S/C23H24ClN5O/c1-14(18-6-9-27-28-18)19-17(24)13-26-22(20(19)30)29-10-7-23(8-11-29)12-15-4-2-3-5-16(15)21(23)25/h2-6,9,13,21,30H,1,7-8,10-12,25H2,(H,27,28)/t21-/m1/s1. The Morgan fingerprint density at radius 2 is 2.03 bits per heavy atom. The van der Waals surface area contributed by atoms with Gasteiger partial charge in [-0.05, 0) is 41.9 Å². The van der Waals surface area contributed by atoms with Crippen LogP contribution in [0.5, 0.6) is 5.75 Å². The van der Waals surface area contributed by atoms with E-state index in [-0.39, 0.29) is 17.2 Å². The average molecular weight is 422 g/mol. The quantitative estimate of drug-likeness (QED) is 0.593. The molecule has 3 heterocycles. The molecule has 1 spiro atoms. The summed E-state index contributed by atoms with van der Waals surface area (Å²) in [6.45, 7) is 5.64. The van der Waals surface area contributed by atoms with Gasteiger partial charge < -0.3 is 15.7 Å². The van der Waals surface area contributed by atoms with Crippen molar-refractivity contribution in [3.63, 3.8) is 0 Å². The first-order chi connectivity index (χ1) is 14.5. The summed E-state index contributed by atoms with van der Waals surface area (Å²) in [5, 5.41) is 18.2. The molecule has 0 unspecified atom stereocenters. The van der Waals surface area contributed by atoms with Gasteiger partial charge in [-0.15, -0.1) is 0 Å². The first-order valence-electron chi connectivity index (χ1n) is 10.1. The number of hydrogen-bond donors (Lipinski definition) is 3. The number of aromatic nitrogens is 3. The average Bonchev–Trinajstić information content (AvgIpc) is 3.37. The number of nitrogens with one attached hydrogen (secondary N) is 1. The Labute approximate surface area is 180 Å². The van der Waals surface area contributed by atoms with E-state index in [9.17, 15) is 5.11 Å². The second-order valence-electron chi connectivity index (χ2n) is 8.30. The van der Waals surface area contributed by atoms with Gasteiger partial charge in [0.05, 0.1) is 10.7 Å². The highest BCUT2D eigenvalue weighted by atomic mass is 35.5. The van der Waals surface area contributed by atoms with Crippen molar-refractivity contribution in [3.8, 4) is 5.75 Å². The monoisotopic (exact) mass is 421 g/mol. The molecule has 1 fully saturated rings. The lowest BCUT2D eigenvalue weighted by Gasteiger charge is -2.42. The van der Waals surface area contributed by atoms with E-state index in [2.05, 4.69) is 50.9 Å². The molecule has 154 valence electrons. The van der Waals surface area contributed by atoms with Gasteiger partial charge in [-0.1, -0.05) is 42.4 Å². The largest absolute Gasteiger partial charge is 0.504 e. The van der Waals surface area contributed by atoms with Crippen LogP contribution in [-0.2, 0) is 6.42 Å². The van der Waals surface area contributed by atoms with Crippen LogP contribution in [-0.4, -0.2) is 33.4 Å². The Bertz CT molecular complexity index is 1100. The van der Waals surface area contributed by atoms with Crippen molar-refractivity contribution >= 4 is 23.0 Å². The molecule has 1 aliphatic heterocycles. The lowest BCUT2D eigenvalue weighted by molar-refractivity contribution is 0.187. The molecule has 1 aromatic carbocycles. The number of aromatic hydroxyl groups is 1. The maximum absolute atomic E-state index is 11.0. The molecule has 1 saturated heterocycles. The number of benzene rings is 1. The van der Waals surface area contributed by atoms with E-state index >= 15 is 0 Å². The van der Waals surface area contributed by atoms with Crippen molar-refractivity contribution in [2.45, 2.75) is 25.3 Å². The number of rotatable bonds is 3. The van der Waals surface area contributed by atoms with E-state index in [1.165, 1.54) is 11.1 Å². The summed E-state index contributed by atoms with van der Waals surface area (Å²) in [6, 6.07) is 10.3. The predicted octanol–water partition coefficient (Wildman–Crippen LogP) is 4.07. The lowest BCUT2D eigenvalue weighted by Crippen LogP contribution is -2.44. The van der Waals surface area contributed by atoms with Gasteiger partial charge in [0.2, 0.25) is 0 Å². The number of piperidine rings is 1. The van der Waals surface area contributed by atoms with E-state index in [0.717, 1.165) is 32.4 Å². The molecular weight excluding hydrogens is 398 g/mol. The number of anilines is 1. The van der Waals surface area contributed by atoms with Crippen molar-refractivity contribution in [2.24, 2.45) is 11.1 Å². The molecule has 7 heteroatoms. The molecule has 3 aromatic rings. The molecule has 2 aliphatic rings. The van der Waals surface area contributed by atoms with Crippen molar-refractivity contribution in [1.82, 2.24) is 15.2 Å². The first kappa shape index (κ1) is 19.2. The third-order valence-corrected chi connectivity index (χ3v) is 7.05. The second kappa shape index (κ2) is 7.15. The molecule has 6 nitrogen and oxygen atoms in total. The summed E-state index contributed by atoms with van der Waals surface area (Å²) in [7, 11) is 0. The van der Waals surface area contributed by atoms with Crippen LogP contribution in [0, 0.1) is 5.41 Å². The number of hydrogen-bond acceptors (Lipinski definition) is 5. The molecule has 1 atom stereocenters. The number of fused-ring (bicyclic) bond motifs is 1. The van der Waals surface area contributed by atoms with Crippen LogP contribution in [0.4, 0.5) is 5.82 Å². The lowest BCUT2D eigenvalue weighted by atomic mass is 9.73. The SMILES string of the molecule is C=C(c1ccn[nH]1)c1c(Cl)cnc(N2CCC3(CC2)Cc2ccccc2[C@H]3N)c1O. The number of pyridine rings is 1. The molecule has 1 aliphatic carbocycles. The van der Waals surface area contributed by atoms with Gasteiger partial charge in [0.1, 0.15) is 0 Å². The summed E-state index contributed by atoms with van der Waals surface area (Å²) in [5.41, 5.74) is 11.2. The predicted molar refractivity (Wildman–Crippen MR) is 119 cm³/mol. The summed E-state index contributed by atoms with van der Waals surface area (Å²) in [6.07, 6.45) is 6.13. The molecular formula is C23H24ClN5O. The van der Waals surface area contributed by atoms with Gasteiger partial charge >= 0.3 is 0 Å². The minimum Gasteiger partial charge on any atom is -0.504 e. The van der Waals surface area contributed by atoms with E-state index in [1.54, 1.807) is 18.5 Å². The van der Waals surface area contributed by atoms with Crippen LogP contribution in [0.2, 0.25) is 5.02 Å². The number of halogens is 1. The number of nitrogens with zero attached hydrogens (tertiary/aromatic N) is 3. The molecule has 0 saturated carbocycles. The molecule has 30 heavy (non-hydrogen) atoms. The molecule has 5 rings (SSSR count). The zero-order valence-electron chi connectivity index (χ0n) is 16.6. The summed E-state index contributed by atoms with van der Waals surface area (Å²) in [4.78, 5) is 6.57. The van der Waals surface area contributed by atoms with Crippen LogP contribution in [0.25, 0.3) is 5.57 Å². The van der Waals surface area contributed by atoms with Crippen LogP contribution in [0.1, 0.15) is 41.3 Å². The van der Waals surface area contributed by atoms with E-state index in [1.807, 2.05) is 0 Å². The maximum atomic E-state index is 11.0. The zero-order valence-corrected chi connectivity index (χ0v) is 17.4. The van der Waals surface area contributed by atoms with Gasteiger partial charge in [-0.3, -0.25) is 5.10 Å². The molecule has 0 amide bonds. The normalized spacial score (nSPS) is 19.8. The Morgan fingerprint density at radius 3 is 2.73 bits per heavy atom. The second-order valence-corrected chi connectivity index (χ2v) is 8.71. The van der Waals surface area contributed by atoms with Crippen LogP contribution in [0.15, 0.2) is 49.3 Å². The minimum atomic E-state index is 0.0528. The Morgan fingerprint density at radius 1 is 1.27 bits per heavy atom. The smallest absolute Gasteiger partial charge is 0.171 e. The van der Waals surface area contributed by atoms with E-state index in [4.69, 9.17) is 17.3 Å². The van der Waals surface area contributed by atoms with Crippen molar-refractivity contribution in [1.29, 1.82) is 0 Å². The fourth-order valence-electron chi connectivity index (χ4n) is 5.01. The minimum absolute atomic E-state index is 0.0528. The van der Waals surface area contributed by atoms with Crippen molar-refractivity contribution in [3.05, 3.63) is 76.7 Å². The van der Waals surface area contributed by atoms with Crippen LogP contribution < -0.4 is 10.6 Å². The van der Waals surface area contributed by atoms with Gasteiger partial charge in [0.25, 0.3) is 0 Å². The summed E-state index contributed by atoms with van der Waals surface area (Å²) < 4.78 is 0. The first-order valence-corrected chi connectivity index (χ1v) is 10.5. The summed E-state index contributed by atoms with van der Waals surface area (Å²) >= 11 is 6.37. The number of H-pyrrole nitrogens is 1. The highest BCUT2D eigenvalue weighted by Crippen LogP contribution is 2.51. The Hall–Kier alpha value is -2.83. The van der Waals surface area contributed by atoms with Gasteiger partial charge in [0, 0.05) is 42.7 Å². The van der Waals surface area contributed by atoms with Crippen molar-refractivity contribution in [2.75, 3.05) is 18.0 Å². The summed E-state index contributed by atoms with van der Waals surface area (Å²) in [5.74, 6) is 0.589.